The summed E-state index contributed by atoms with van der Waals surface area (Å²) in [6, 6.07) is 1.34. The van der Waals surface area contributed by atoms with Gasteiger partial charge in [-0.25, -0.2) is 4.39 Å². The number of rotatable bonds is 4. The highest BCUT2D eigenvalue weighted by molar-refractivity contribution is 5.53. The minimum Gasteiger partial charge on any atom is -0.378 e. The average Bonchev–Trinajstić information content (AvgIpc) is 2.68. The maximum absolute atomic E-state index is 13.6. The zero-order valence-corrected chi connectivity index (χ0v) is 10.8. The van der Waals surface area contributed by atoms with Gasteiger partial charge in [0.15, 0.2) is 0 Å². The summed E-state index contributed by atoms with van der Waals surface area (Å²) in [5, 5.41) is 20.1. The Morgan fingerprint density at radius 3 is 2.60 bits per heavy atom. The molecule has 0 amide bonds. The van der Waals surface area contributed by atoms with E-state index in [-0.39, 0.29) is 12.2 Å². The molecule has 0 radical (unpaired) electrons. The minimum atomic E-state index is -1.20. The number of anilines is 1. The van der Waals surface area contributed by atoms with E-state index in [4.69, 9.17) is 0 Å². The summed E-state index contributed by atoms with van der Waals surface area (Å²) in [6.45, 7) is 3.82. The van der Waals surface area contributed by atoms with Gasteiger partial charge < -0.3 is 5.32 Å². The number of halogens is 2. The zero-order valence-electron chi connectivity index (χ0n) is 10.8. The van der Waals surface area contributed by atoms with Crippen molar-refractivity contribution in [1.29, 1.82) is 0 Å². The Hall–Kier alpha value is -2.51. The molecule has 0 aliphatic rings. The molecule has 0 aliphatic heterocycles. The maximum Gasteiger partial charge on any atom is 0.307 e. The number of benzene rings is 1. The van der Waals surface area contributed by atoms with Gasteiger partial charge in [-0.1, -0.05) is 0 Å². The van der Waals surface area contributed by atoms with Crippen molar-refractivity contribution in [3.8, 4) is 0 Å². The summed E-state index contributed by atoms with van der Waals surface area (Å²) in [5.41, 5.74) is 1.49. The number of nitrogens with one attached hydrogen (secondary N) is 2. The fourth-order valence-corrected chi connectivity index (χ4v) is 1.83. The molecular formula is C12H12F2N4O2. The SMILES string of the molecule is Cc1n[nH]c(C)c1CNc1cc([N+](=O)[O-])c(F)cc1F. The molecule has 0 saturated heterocycles. The number of H-pyrrole nitrogens is 1. The number of nitro benzene ring substituents is 1. The quantitative estimate of drug-likeness (QED) is 0.667. The van der Waals surface area contributed by atoms with Crippen LogP contribution >= 0.6 is 0 Å². The fraction of sp³-hybridized carbons (Fsp3) is 0.250. The first-order chi connectivity index (χ1) is 9.40. The third kappa shape index (κ3) is 2.58. The summed E-state index contributed by atoms with van der Waals surface area (Å²) in [6.07, 6.45) is 0. The summed E-state index contributed by atoms with van der Waals surface area (Å²) < 4.78 is 26.8. The second kappa shape index (κ2) is 5.24. The van der Waals surface area contributed by atoms with Gasteiger partial charge in [-0.05, 0) is 13.8 Å². The molecule has 20 heavy (non-hydrogen) atoms. The third-order valence-corrected chi connectivity index (χ3v) is 2.97. The van der Waals surface area contributed by atoms with Gasteiger partial charge in [-0.3, -0.25) is 15.2 Å². The van der Waals surface area contributed by atoms with Crippen LogP contribution in [0.2, 0.25) is 0 Å². The number of nitro groups is 1. The molecule has 0 bridgehead atoms. The van der Waals surface area contributed by atoms with Crippen LogP contribution in [-0.2, 0) is 6.54 Å². The van der Waals surface area contributed by atoms with Crippen LogP contribution in [0.15, 0.2) is 12.1 Å². The lowest BCUT2D eigenvalue weighted by molar-refractivity contribution is -0.387. The summed E-state index contributed by atoms with van der Waals surface area (Å²) >= 11 is 0. The predicted molar refractivity (Wildman–Crippen MR) is 68.4 cm³/mol. The summed E-state index contributed by atoms with van der Waals surface area (Å²) in [4.78, 5) is 9.73. The highest BCUT2D eigenvalue weighted by Gasteiger charge is 2.18. The van der Waals surface area contributed by atoms with Crippen molar-refractivity contribution < 1.29 is 13.7 Å². The molecule has 0 fully saturated rings. The Kier molecular flexibility index (Phi) is 3.64. The average molecular weight is 282 g/mol. The van der Waals surface area contributed by atoms with Crippen LogP contribution in [0.25, 0.3) is 0 Å². The highest BCUT2D eigenvalue weighted by Crippen LogP contribution is 2.25. The monoisotopic (exact) mass is 282 g/mol. The molecule has 0 unspecified atom stereocenters. The van der Waals surface area contributed by atoms with Crippen molar-refractivity contribution in [2.24, 2.45) is 0 Å². The third-order valence-electron chi connectivity index (χ3n) is 2.97. The standard InChI is InChI=1S/C12H12F2N4O2/c1-6-8(7(2)17-16-6)5-15-11-4-12(18(19)20)10(14)3-9(11)13/h3-4,15H,5H2,1-2H3,(H,16,17). The van der Waals surface area contributed by atoms with Crippen molar-refractivity contribution >= 4 is 11.4 Å². The molecule has 1 heterocycles. The van der Waals surface area contributed by atoms with E-state index in [1.807, 2.05) is 0 Å². The number of hydrogen-bond donors (Lipinski definition) is 2. The Morgan fingerprint density at radius 2 is 2.05 bits per heavy atom. The lowest BCUT2D eigenvalue weighted by Gasteiger charge is -2.08. The van der Waals surface area contributed by atoms with Gasteiger partial charge in [0, 0.05) is 29.9 Å². The molecule has 106 valence electrons. The second-order valence-corrected chi connectivity index (χ2v) is 4.31. The molecule has 0 saturated carbocycles. The van der Waals surface area contributed by atoms with Gasteiger partial charge >= 0.3 is 5.69 Å². The number of nitrogens with zero attached hydrogens (tertiary/aromatic N) is 2. The maximum atomic E-state index is 13.6. The van der Waals surface area contributed by atoms with Crippen molar-refractivity contribution in [2.45, 2.75) is 20.4 Å². The molecule has 8 heteroatoms. The molecular weight excluding hydrogens is 270 g/mol. The number of hydrogen-bond acceptors (Lipinski definition) is 4. The molecule has 2 N–H and O–H groups in total. The van der Waals surface area contributed by atoms with E-state index < -0.39 is 22.2 Å². The first-order valence-corrected chi connectivity index (χ1v) is 5.78. The van der Waals surface area contributed by atoms with E-state index >= 15 is 0 Å². The van der Waals surface area contributed by atoms with E-state index in [9.17, 15) is 18.9 Å². The van der Waals surface area contributed by atoms with Gasteiger partial charge in [0.25, 0.3) is 0 Å². The minimum absolute atomic E-state index is 0.127. The predicted octanol–water partition coefficient (Wildman–Crippen LogP) is 2.83. The van der Waals surface area contributed by atoms with Crippen LogP contribution in [0.5, 0.6) is 0 Å². The lowest BCUT2D eigenvalue weighted by Crippen LogP contribution is -2.05. The first-order valence-electron chi connectivity index (χ1n) is 5.78. The Balaban J connectivity index is 2.26. The topological polar surface area (TPSA) is 83.8 Å². The number of aromatic nitrogens is 2. The second-order valence-electron chi connectivity index (χ2n) is 4.31. The van der Waals surface area contributed by atoms with E-state index in [1.54, 1.807) is 13.8 Å². The molecule has 0 spiro atoms. The summed E-state index contributed by atoms with van der Waals surface area (Å²) in [5.74, 6) is -2.08. The van der Waals surface area contributed by atoms with Crippen LogP contribution in [0, 0.1) is 35.6 Å². The van der Waals surface area contributed by atoms with Crippen LogP contribution in [0.1, 0.15) is 17.0 Å². The van der Waals surface area contributed by atoms with E-state index in [1.165, 1.54) is 0 Å². The zero-order chi connectivity index (χ0) is 14.9. The Bertz CT molecular complexity index is 650. The van der Waals surface area contributed by atoms with Crippen molar-refractivity contribution in [2.75, 3.05) is 5.32 Å². The normalized spacial score (nSPS) is 10.6. The molecule has 2 rings (SSSR count). The van der Waals surface area contributed by atoms with Crippen LogP contribution in [0.4, 0.5) is 20.2 Å². The van der Waals surface area contributed by atoms with Crippen molar-refractivity contribution in [3.63, 3.8) is 0 Å². The van der Waals surface area contributed by atoms with Gasteiger partial charge in [0.2, 0.25) is 5.82 Å². The van der Waals surface area contributed by atoms with E-state index in [0.29, 0.717) is 6.07 Å². The smallest absolute Gasteiger partial charge is 0.307 e. The molecule has 1 aromatic heterocycles. The first kappa shape index (κ1) is 13.9. The van der Waals surface area contributed by atoms with Crippen molar-refractivity contribution in [1.82, 2.24) is 10.2 Å². The Labute approximate surface area is 113 Å². The van der Waals surface area contributed by atoms with E-state index in [2.05, 4.69) is 15.5 Å². The van der Waals surface area contributed by atoms with E-state index in [0.717, 1.165) is 23.0 Å². The largest absolute Gasteiger partial charge is 0.378 e. The Morgan fingerprint density at radius 1 is 1.35 bits per heavy atom. The van der Waals surface area contributed by atoms with Gasteiger partial charge in [-0.15, -0.1) is 0 Å². The van der Waals surface area contributed by atoms with Crippen LogP contribution in [-0.4, -0.2) is 15.1 Å². The highest BCUT2D eigenvalue weighted by atomic mass is 19.1. The van der Waals surface area contributed by atoms with Gasteiger partial charge in [0.1, 0.15) is 5.82 Å². The molecule has 0 atom stereocenters. The number of aryl methyl sites for hydroxylation is 2. The van der Waals surface area contributed by atoms with Crippen molar-refractivity contribution in [3.05, 3.63) is 50.8 Å². The molecule has 1 aromatic carbocycles. The van der Waals surface area contributed by atoms with Crippen LogP contribution in [0.3, 0.4) is 0 Å². The molecule has 6 nitrogen and oxygen atoms in total. The van der Waals surface area contributed by atoms with Crippen LogP contribution < -0.4 is 5.32 Å². The lowest BCUT2D eigenvalue weighted by atomic mass is 10.2. The molecule has 2 aromatic rings. The van der Waals surface area contributed by atoms with Gasteiger partial charge in [0.05, 0.1) is 16.3 Å². The molecule has 0 aliphatic carbocycles. The number of aromatic amines is 1. The summed E-state index contributed by atoms with van der Waals surface area (Å²) in [7, 11) is 0. The fourth-order valence-electron chi connectivity index (χ4n) is 1.83. The van der Waals surface area contributed by atoms with Gasteiger partial charge in [-0.2, -0.15) is 9.49 Å².